The minimum Gasteiger partial charge on any atom is -0.474 e. The van der Waals surface area contributed by atoms with Crippen molar-refractivity contribution in [2.45, 2.75) is 82.8 Å². The van der Waals surface area contributed by atoms with E-state index < -0.39 is 15.4 Å². The van der Waals surface area contributed by atoms with Crippen LogP contribution in [0.1, 0.15) is 81.4 Å². The molecule has 0 saturated carbocycles. The van der Waals surface area contributed by atoms with Gasteiger partial charge in [-0.3, -0.25) is 0 Å². The van der Waals surface area contributed by atoms with E-state index in [1.165, 1.54) is 0 Å². The molecule has 3 N–H and O–H groups in total. The van der Waals surface area contributed by atoms with Crippen molar-refractivity contribution >= 4 is 38.2 Å². The summed E-state index contributed by atoms with van der Waals surface area (Å²) in [6, 6.07) is 5.32. The van der Waals surface area contributed by atoms with Crippen molar-refractivity contribution < 1.29 is 22.7 Å². The Balaban J connectivity index is 1.46. The number of nitrogens with two attached hydrogens (primary N) is 1. The van der Waals surface area contributed by atoms with Gasteiger partial charge in [-0.1, -0.05) is 6.92 Å². The highest BCUT2D eigenvalue weighted by molar-refractivity contribution is 7.92. The van der Waals surface area contributed by atoms with Gasteiger partial charge in [-0.15, -0.1) is 0 Å². The maximum atomic E-state index is 12.3. The van der Waals surface area contributed by atoms with Crippen molar-refractivity contribution in [2.24, 2.45) is 5.73 Å². The number of carbonyl (C=O) groups is 1. The number of rotatable bonds is 7. The SMILES string of the molecule is C[C@H](C[C@H]1CCCS1(=O)=O)Oc1ncc(C(C)(C)N)c2cc(Nc3ccc4c(n3)[C@@H](C)[C@H](C)OC4=O)ncc12. The molecule has 5 heterocycles. The summed E-state index contributed by atoms with van der Waals surface area (Å²) in [4.78, 5) is 26.1. The summed E-state index contributed by atoms with van der Waals surface area (Å²) in [6.45, 7) is 9.50. The number of esters is 1. The number of ether oxygens (including phenoxy) is 2. The zero-order valence-corrected chi connectivity index (χ0v) is 23.7. The third kappa shape index (κ3) is 5.42. The van der Waals surface area contributed by atoms with Crippen LogP contribution in [0.2, 0.25) is 0 Å². The third-order valence-electron chi connectivity index (χ3n) is 7.63. The van der Waals surface area contributed by atoms with Gasteiger partial charge in [0, 0.05) is 30.3 Å². The van der Waals surface area contributed by atoms with Crippen molar-refractivity contribution in [3.05, 3.63) is 47.4 Å². The number of pyridine rings is 3. The second kappa shape index (κ2) is 10.0. The number of nitrogens with one attached hydrogen (secondary N) is 1. The highest BCUT2D eigenvalue weighted by atomic mass is 32.2. The lowest BCUT2D eigenvalue weighted by molar-refractivity contribution is 0.0235. The summed E-state index contributed by atoms with van der Waals surface area (Å²) < 4.78 is 36.2. The van der Waals surface area contributed by atoms with Gasteiger partial charge in [0.05, 0.1) is 33.8 Å². The summed E-state index contributed by atoms with van der Waals surface area (Å²) in [5, 5.41) is 4.36. The lowest BCUT2D eigenvalue weighted by atomic mass is 9.93. The third-order valence-corrected chi connectivity index (χ3v) is 9.93. The molecule has 3 aromatic rings. The van der Waals surface area contributed by atoms with Crippen molar-refractivity contribution in [2.75, 3.05) is 11.1 Å². The van der Waals surface area contributed by atoms with Crippen molar-refractivity contribution in [1.29, 1.82) is 0 Å². The molecule has 39 heavy (non-hydrogen) atoms. The average Bonchev–Trinajstić information content (AvgIpc) is 3.19. The lowest BCUT2D eigenvalue weighted by Gasteiger charge is -2.27. The number of cyclic esters (lactones) is 1. The van der Waals surface area contributed by atoms with Gasteiger partial charge in [-0.25, -0.2) is 28.2 Å². The molecule has 10 nitrogen and oxygen atoms in total. The minimum absolute atomic E-state index is 0.0411. The summed E-state index contributed by atoms with van der Waals surface area (Å²) in [5.74, 6) is 1.32. The van der Waals surface area contributed by atoms with E-state index in [0.29, 0.717) is 53.4 Å². The molecule has 2 aliphatic rings. The molecule has 2 aliphatic heterocycles. The van der Waals surface area contributed by atoms with Gasteiger partial charge >= 0.3 is 5.97 Å². The number of fused-ring (bicyclic) bond motifs is 2. The molecule has 1 saturated heterocycles. The Morgan fingerprint density at radius 1 is 1.18 bits per heavy atom. The first-order valence-electron chi connectivity index (χ1n) is 13.3. The van der Waals surface area contributed by atoms with E-state index in [1.807, 2.05) is 40.7 Å². The van der Waals surface area contributed by atoms with E-state index in [9.17, 15) is 13.2 Å². The first-order valence-corrected chi connectivity index (χ1v) is 15.0. The van der Waals surface area contributed by atoms with Crippen LogP contribution in [-0.2, 0) is 20.1 Å². The Kier molecular flexibility index (Phi) is 7.00. The number of sulfone groups is 1. The van der Waals surface area contributed by atoms with Gasteiger partial charge in [-0.2, -0.15) is 0 Å². The quantitative estimate of drug-likeness (QED) is 0.405. The fourth-order valence-corrected chi connectivity index (χ4v) is 7.26. The summed E-state index contributed by atoms with van der Waals surface area (Å²) >= 11 is 0. The zero-order valence-electron chi connectivity index (χ0n) is 22.9. The Morgan fingerprint density at radius 3 is 2.64 bits per heavy atom. The highest BCUT2D eigenvalue weighted by Gasteiger charge is 2.33. The molecular weight excluding hydrogens is 518 g/mol. The van der Waals surface area contributed by atoms with Gasteiger partial charge in [0.1, 0.15) is 17.7 Å². The number of carbonyl (C=O) groups excluding carboxylic acids is 1. The van der Waals surface area contributed by atoms with E-state index in [2.05, 4.69) is 15.3 Å². The molecule has 4 atom stereocenters. The predicted molar refractivity (Wildman–Crippen MR) is 149 cm³/mol. The summed E-state index contributed by atoms with van der Waals surface area (Å²) in [5.41, 5.74) is 7.76. The van der Waals surface area contributed by atoms with E-state index in [0.717, 1.165) is 10.9 Å². The first-order chi connectivity index (χ1) is 18.3. The van der Waals surface area contributed by atoms with Crippen LogP contribution in [0.3, 0.4) is 0 Å². The molecular formula is C28H35N5O5S. The van der Waals surface area contributed by atoms with Gasteiger partial charge in [0.25, 0.3) is 0 Å². The van der Waals surface area contributed by atoms with Crippen molar-refractivity contribution in [3.63, 3.8) is 0 Å². The van der Waals surface area contributed by atoms with Gasteiger partial charge in [0.2, 0.25) is 5.88 Å². The van der Waals surface area contributed by atoms with Crippen molar-refractivity contribution in [3.8, 4) is 5.88 Å². The molecule has 0 radical (unpaired) electrons. The molecule has 11 heteroatoms. The monoisotopic (exact) mass is 553 g/mol. The molecule has 0 aliphatic carbocycles. The average molecular weight is 554 g/mol. The fourth-order valence-electron chi connectivity index (χ4n) is 5.27. The van der Waals surface area contributed by atoms with Gasteiger partial charge < -0.3 is 20.5 Å². The molecule has 3 aromatic heterocycles. The van der Waals surface area contributed by atoms with Crippen LogP contribution < -0.4 is 15.8 Å². The van der Waals surface area contributed by atoms with Crippen LogP contribution in [0.25, 0.3) is 10.8 Å². The Labute approximate surface area is 228 Å². The van der Waals surface area contributed by atoms with Gasteiger partial charge in [0.15, 0.2) is 9.84 Å². The van der Waals surface area contributed by atoms with Gasteiger partial charge in [-0.05, 0) is 69.7 Å². The van der Waals surface area contributed by atoms with Crippen LogP contribution in [0.15, 0.2) is 30.6 Å². The number of hydrogen-bond donors (Lipinski definition) is 2. The van der Waals surface area contributed by atoms with Crippen LogP contribution in [0.5, 0.6) is 5.88 Å². The second-order valence-electron chi connectivity index (χ2n) is 11.3. The molecule has 0 amide bonds. The Hall–Kier alpha value is -3.31. The number of nitrogens with zero attached hydrogens (tertiary/aromatic N) is 3. The van der Waals surface area contributed by atoms with E-state index in [1.54, 1.807) is 24.5 Å². The molecule has 0 bridgehead atoms. The van der Waals surface area contributed by atoms with Crippen LogP contribution in [0, 0.1) is 0 Å². The number of aromatic nitrogens is 3. The molecule has 5 rings (SSSR count). The molecule has 0 aromatic carbocycles. The summed E-state index contributed by atoms with van der Waals surface area (Å²) in [7, 11) is -3.06. The molecule has 208 valence electrons. The number of hydrogen-bond acceptors (Lipinski definition) is 10. The fraction of sp³-hybridized carbons (Fsp3) is 0.500. The zero-order chi connectivity index (χ0) is 28.1. The number of anilines is 2. The molecule has 0 spiro atoms. The largest absolute Gasteiger partial charge is 0.474 e. The maximum Gasteiger partial charge on any atom is 0.340 e. The van der Waals surface area contributed by atoms with E-state index >= 15 is 0 Å². The second-order valence-corrected chi connectivity index (χ2v) is 13.7. The van der Waals surface area contributed by atoms with Crippen molar-refractivity contribution in [1.82, 2.24) is 15.0 Å². The Morgan fingerprint density at radius 2 is 1.95 bits per heavy atom. The van der Waals surface area contributed by atoms with Crippen LogP contribution in [0.4, 0.5) is 11.6 Å². The van der Waals surface area contributed by atoms with Crippen LogP contribution in [-0.4, -0.2) is 52.5 Å². The first kappa shape index (κ1) is 27.3. The van der Waals surface area contributed by atoms with E-state index in [4.69, 9.17) is 20.2 Å². The smallest absolute Gasteiger partial charge is 0.340 e. The maximum absolute atomic E-state index is 12.3. The summed E-state index contributed by atoms with van der Waals surface area (Å²) in [6.07, 6.45) is 4.55. The molecule has 1 fully saturated rings. The Bertz CT molecular complexity index is 1540. The standard InChI is InChI=1S/C28H35N5O5S/c1-15(11-18-7-6-10-39(18,35)36)37-26-21-13-30-24(12-20(21)22(14-31-26)28(4,5)29)32-23-9-8-19-25(33-23)16(2)17(3)38-27(19)34/h8-9,12-18H,6-7,10-11,29H2,1-5H3,(H,30,32,33)/t15-,16+,17+,18-/m1/s1. The predicted octanol–water partition coefficient (Wildman–Crippen LogP) is 4.36. The minimum atomic E-state index is -3.06. The lowest BCUT2D eigenvalue weighted by Crippen LogP contribution is -2.29. The highest BCUT2D eigenvalue weighted by Crippen LogP contribution is 2.35. The van der Waals surface area contributed by atoms with E-state index in [-0.39, 0.29) is 35.1 Å². The topological polar surface area (TPSA) is 146 Å². The normalized spacial score (nSPS) is 23.2. The van der Waals surface area contributed by atoms with Crippen LogP contribution >= 0.6 is 0 Å². The molecule has 0 unspecified atom stereocenters.